The number of fused-ring (bicyclic) bond motifs is 2. The Morgan fingerprint density at radius 1 is 1.20 bits per heavy atom. The van der Waals surface area contributed by atoms with E-state index >= 15 is 0 Å². The number of benzene rings is 1. The van der Waals surface area contributed by atoms with Crippen LogP contribution < -0.4 is 5.32 Å². The number of aromatic hydroxyl groups is 2. The van der Waals surface area contributed by atoms with Crippen molar-refractivity contribution in [1.29, 1.82) is 0 Å². The summed E-state index contributed by atoms with van der Waals surface area (Å²) < 4.78 is 0. The molecule has 0 spiro atoms. The highest BCUT2D eigenvalue weighted by atomic mass is 16.3. The molecule has 3 N–H and O–H groups in total. The molecule has 0 radical (unpaired) electrons. The largest absolute Gasteiger partial charge is 0.504 e. The molecule has 3 rings (SSSR count). The van der Waals surface area contributed by atoms with Crippen molar-refractivity contribution in [3.63, 3.8) is 0 Å². The van der Waals surface area contributed by atoms with Crippen molar-refractivity contribution in [2.24, 2.45) is 17.8 Å². The third kappa shape index (κ3) is 2.62. The average molecular weight is 273 g/mol. The lowest BCUT2D eigenvalue weighted by atomic mass is 9.87. The standard InChI is InChI=1S/C17H23NO2/c1-11(15-9-13-2-4-14(15)8-13)18-7-6-12-3-5-16(19)17(20)10-12/h3,5,10,13-15,18-20H,1-2,4,6-9H2. The first kappa shape index (κ1) is 13.3. The number of hydrogen-bond donors (Lipinski definition) is 3. The first-order valence-electron chi connectivity index (χ1n) is 7.57. The molecular weight excluding hydrogens is 250 g/mol. The lowest BCUT2D eigenvalue weighted by Gasteiger charge is -2.24. The molecule has 1 aromatic rings. The smallest absolute Gasteiger partial charge is 0.157 e. The van der Waals surface area contributed by atoms with Crippen molar-refractivity contribution >= 4 is 0 Å². The SMILES string of the molecule is C=C(NCCc1ccc(O)c(O)c1)C1CC2CCC1C2. The predicted octanol–water partition coefficient (Wildman–Crippen LogP) is 3.18. The van der Waals surface area contributed by atoms with E-state index < -0.39 is 0 Å². The molecule has 1 aromatic carbocycles. The Balaban J connectivity index is 1.47. The second-order valence-corrected chi connectivity index (χ2v) is 6.31. The van der Waals surface area contributed by atoms with Gasteiger partial charge in [0, 0.05) is 18.2 Å². The van der Waals surface area contributed by atoms with Gasteiger partial charge in [0.05, 0.1) is 0 Å². The van der Waals surface area contributed by atoms with Gasteiger partial charge in [-0.05, 0) is 55.2 Å². The van der Waals surface area contributed by atoms with Crippen LogP contribution in [0.4, 0.5) is 0 Å². The van der Waals surface area contributed by atoms with Gasteiger partial charge in [-0.25, -0.2) is 0 Å². The summed E-state index contributed by atoms with van der Waals surface area (Å²) in [6, 6.07) is 5.00. The summed E-state index contributed by atoms with van der Waals surface area (Å²) in [5, 5.41) is 22.2. The van der Waals surface area contributed by atoms with Crippen LogP contribution >= 0.6 is 0 Å². The van der Waals surface area contributed by atoms with Crippen LogP contribution in [0.15, 0.2) is 30.5 Å². The number of allylic oxidation sites excluding steroid dienone is 1. The normalized spacial score (nSPS) is 27.7. The molecule has 3 heteroatoms. The number of hydrogen-bond acceptors (Lipinski definition) is 3. The van der Waals surface area contributed by atoms with Crippen LogP contribution in [-0.2, 0) is 6.42 Å². The van der Waals surface area contributed by atoms with Gasteiger partial charge in [-0.15, -0.1) is 0 Å². The fourth-order valence-corrected chi connectivity index (χ4v) is 3.89. The minimum Gasteiger partial charge on any atom is -0.504 e. The van der Waals surface area contributed by atoms with Crippen molar-refractivity contribution in [1.82, 2.24) is 5.32 Å². The van der Waals surface area contributed by atoms with E-state index in [1.54, 1.807) is 6.07 Å². The summed E-state index contributed by atoms with van der Waals surface area (Å²) in [4.78, 5) is 0. The Hall–Kier alpha value is -1.64. The summed E-state index contributed by atoms with van der Waals surface area (Å²) >= 11 is 0. The fourth-order valence-electron chi connectivity index (χ4n) is 3.89. The van der Waals surface area contributed by atoms with Crippen LogP contribution in [0.1, 0.15) is 31.2 Å². The van der Waals surface area contributed by atoms with E-state index in [1.807, 2.05) is 6.07 Å². The molecule has 0 heterocycles. The molecule has 3 atom stereocenters. The summed E-state index contributed by atoms with van der Waals surface area (Å²) in [5.74, 6) is 2.36. The minimum absolute atomic E-state index is 0.0468. The van der Waals surface area contributed by atoms with Crippen molar-refractivity contribution in [2.45, 2.75) is 32.1 Å². The highest BCUT2D eigenvalue weighted by molar-refractivity contribution is 5.40. The van der Waals surface area contributed by atoms with Gasteiger partial charge in [0.25, 0.3) is 0 Å². The third-order valence-corrected chi connectivity index (χ3v) is 4.99. The van der Waals surface area contributed by atoms with E-state index in [0.29, 0.717) is 5.92 Å². The minimum atomic E-state index is -0.0619. The molecule has 3 nitrogen and oxygen atoms in total. The Morgan fingerprint density at radius 3 is 2.70 bits per heavy atom. The second-order valence-electron chi connectivity index (χ2n) is 6.31. The van der Waals surface area contributed by atoms with Gasteiger partial charge in [0.15, 0.2) is 11.5 Å². The Kier molecular flexibility index (Phi) is 3.60. The van der Waals surface area contributed by atoms with Crippen molar-refractivity contribution in [3.05, 3.63) is 36.0 Å². The van der Waals surface area contributed by atoms with Gasteiger partial charge < -0.3 is 15.5 Å². The van der Waals surface area contributed by atoms with Crippen LogP contribution in [0, 0.1) is 17.8 Å². The molecule has 2 fully saturated rings. The van der Waals surface area contributed by atoms with Gasteiger partial charge in [-0.1, -0.05) is 19.1 Å². The van der Waals surface area contributed by atoms with Crippen molar-refractivity contribution in [2.75, 3.05) is 6.54 Å². The van der Waals surface area contributed by atoms with Crippen molar-refractivity contribution < 1.29 is 10.2 Å². The molecule has 2 saturated carbocycles. The van der Waals surface area contributed by atoms with E-state index in [0.717, 1.165) is 30.4 Å². The molecular formula is C17H23NO2. The van der Waals surface area contributed by atoms with Crippen molar-refractivity contribution in [3.8, 4) is 11.5 Å². The predicted molar refractivity (Wildman–Crippen MR) is 79.6 cm³/mol. The van der Waals surface area contributed by atoms with Gasteiger partial charge in [-0.3, -0.25) is 0 Å². The Morgan fingerprint density at radius 2 is 2.05 bits per heavy atom. The van der Waals surface area contributed by atoms with Gasteiger partial charge in [0.2, 0.25) is 0 Å². The topological polar surface area (TPSA) is 52.5 Å². The zero-order chi connectivity index (χ0) is 14.1. The van der Waals surface area contributed by atoms with Crippen LogP contribution in [0.3, 0.4) is 0 Å². The lowest BCUT2D eigenvalue weighted by molar-refractivity contribution is 0.363. The first-order chi connectivity index (χ1) is 9.63. The maximum absolute atomic E-state index is 9.46. The quantitative estimate of drug-likeness (QED) is 0.722. The second kappa shape index (κ2) is 5.39. The zero-order valence-corrected chi connectivity index (χ0v) is 11.8. The average Bonchev–Trinajstić information content (AvgIpc) is 3.05. The molecule has 2 aliphatic rings. The highest BCUT2D eigenvalue weighted by Crippen LogP contribution is 2.50. The molecule has 3 unspecified atom stereocenters. The molecule has 0 aromatic heterocycles. The first-order valence-corrected chi connectivity index (χ1v) is 7.57. The van der Waals surface area contributed by atoms with E-state index in [1.165, 1.54) is 37.4 Å². The summed E-state index contributed by atoms with van der Waals surface area (Å²) in [7, 11) is 0. The Bertz CT molecular complexity index is 512. The van der Waals surface area contributed by atoms with Crippen LogP contribution in [0.5, 0.6) is 11.5 Å². The van der Waals surface area contributed by atoms with E-state index in [4.69, 9.17) is 0 Å². The highest BCUT2D eigenvalue weighted by Gasteiger charge is 2.40. The monoisotopic (exact) mass is 273 g/mol. The molecule has 20 heavy (non-hydrogen) atoms. The van der Waals surface area contributed by atoms with E-state index in [-0.39, 0.29) is 11.5 Å². The van der Waals surface area contributed by atoms with Gasteiger partial charge >= 0.3 is 0 Å². The zero-order valence-electron chi connectivity index (χ0n) is 11.8. The number of rotatable bonds is 5. The molecule has 0 amide bonds. The van der Waals surface area contributed by atoms with Crippen LogP contribution in [0.25, 0.3) is 0 Å². The lowest BCUT2D eigenvalue weighted by Crippen LogP contribution is -2.25. The third-order valence-electron chi connectivity index (χ3n) is 4.99. The maximum Gasteiger partial charge on any atom is 0.157 e. The molecule has 0 saturated heterocycles. The summed E-state index contributed by atoms with van der Waals surface area (Å²) in [6.45, 7) is 5.05. The number of phenols is 2. The van der Waals surface area contributed by atoms with Gasteiger partial charge in [-0.2, -0.15) is 0 Å². The number of phenolic OH excluding ortho intramolecular Hbond substituents is 2. The molecule has 2 bridgehead atoms. The Labute approximate surface area is 120 Å². The van der Waals surface area contributed by atoms with Crippen LogP contribution in [0.2, 0.25) is 0 Å². The van der Waals surface area contributed by atoms with E-state index in [2.05, 4.69) is 11.9 Å². The summed E-state index contributed by atoms with van der Waals surface area (Å²) in [5.41, 5.74) is 2.22. The maximum atomic E-state index is 9.46. The van der Waals surface area contributed by atoms with E-state index in [9.17, 15) is 10.2 Å². The molecule has 0 aliphatic heterocycles. The molecule has 2 aliphatic carbocycles. The summed E-state index contributed by atoms with van der Waals surface area (Å²) in [6.07, 6.45) is 6.34. The number of nitrogens with one attached hydrogen (secondary N) is 1. The van der Waals surface area contributed by atoms with Crippen LogP contribution in [-0.4, -0.2) is 16.8 Å². The molecule has 108 valence electrons. The van der Waals surface area contributed by atoms with Gasteiger partial charge in [0.1, 0.15) is 0 Å². The fraction of sp³-hybridized carbons (Fsp3) is 0.529.